The molecule has 0 aliphatic heterocycles. The van der Waals surface area contributed by atoms with Crippen LogP contribution in [0.4, 0.5) is 0 Å². The van der Waals surface area contributed by atoms with Crippen LogP contribution in [0.3, 0.4) is 0 Å². The fourth-order valence-corrected chi connectivity index (χ4v) is 1.81. The summed E-state index contributed by atoms with van der Waals surface area (Å²) < 4.78 is 26.0. The summed E-state index contributed by atoms with van der Waals surface area (Å²) in [7, 11) is -3.24. The summed E-state index contributed by atoms with van der Waals surface area (Å²) in [6, 6.07) is 0. The highest BCUT2D eigenvalue weighted by molar-refractivity contribution is 7.85. The average Bonchev–Trinajstić information content (AvgIpc) is 2.02. The first kappa shape index (κ1) is 9.99. The molecule has 3 nitrogen and oxygen atoms in total. The van der Waals surface area contributed by atoms with E-state index < -0.39 is 10.1 Å². The molecule has 71 valence electrons. The molecule has 1 rings (SSSR count). The van der Waals surface area contributed by atoms with Gasteiger partial charge in [-0.05, 0) is 25.2 Å². The third-order valence-corrected chi connectivity index (χ3v) is 2.59. The number of rotatable bonds is 3. The van der Waals surface area contributed by atoms with Crippen molar-refractivity contribution in [2.24, 2.45) is 5.92 Å². The van der Waals surface area contributed by atoms with E-state index in [2.05, 4.69) is 6.42 Å². The minimum Gasteiger partial charge on any atom is -0.270 e. The van der Waals surface area contributed by atoms with Crippen LogP contribution in [0.15, 0.2) is 0 Å². The van der Waals surface area contributed by atoms with Crippen molar-refractivity contribution in [3.8, 4) is 0 Å². The van der Waals surface area contributed by atoms with Gasteiger partial charge in [-0.1, -0.05) is 12.8 Å². The lowest BCUT2D eigenvalue weighted by atomic mass is 9.90. The molecule has 0 saturated heterocycles. The van der Waals surface area contributed by atoms with Gasteiger partial charge in [-0.15, -0.1) is 0 Å². The lowest BCUT2D eigenvalue weighted by Gasteiger charge is -2.19. The van der Waals surface area contributed by atoms with E-state index in [-0.39, 0.29) is 0 Å². The molecule has 1 aliphatic carbocycles. The van der Waals surface area contributed by atoms with E-state index in [0.717, 1.165) is 19.1 Å². The highest BCUT2D eigenvalue weighted by atomic mass is 32.2. The summed E-state index contributed by atoms with van der Waals surface area (Å²) in [5.41, 5.74) is 0. The van der Waals surface area contributed by atoms with Crippen molar-refractivity contribution in [2.75, 3.05) is 12.9 Å². The van der Waals surface area contributed by atoms with Crippen molar-refractivity contribution >= 4 is 10.1 Å². The smallest absolute Gasteiger partial charge is 0.264 e. The second-order valence-corrected chi connectivity index (χ2v) is 4.91. The van der Waals surface area contributed by atoms with Gasteiger partial charge in [0.15, 0.2) is 0 Å². The zero-order valence-corrected chi connectivity index (χ0v) is 8.14. The topological polar surface area (TPSA) is 43.4 Å². The van der Waals surface area contributed by atoms with E-state index in [1.54, 1.807) is 0 Å². The fourth-order valence-electron chi connectivity index (χ4n) is 1.38. The van der Waals surface area contributed by atoms with Crippen LogP contribution in [0.5, 0.6) is 0 Å². The predicted molar refractivity (Wildman–Crippen MR) is 47.1 cm³/mol. The first-order valence-electron chi connectivity index (χ1n) is 4.26. The number of hydrogen-bond acceptors (Lipinski definition) is 3. The molecule has 0 aromatic carbocycles. The van der Waals surface area contributed by atoms with Gasteiger partial charge < -0.3 is 0 Å². The predicted octanol–water partition coefficient (Wildman–Crippen LogP) is 1.36. The molecule has 0 N–H and O–H groups in total. The SMILES string of the molecule is CS(=O)(=O)OCC1[CH]CCCC1. The Labute approximate surface area is 74.2 Å². The molecule has 1 atom stereocenters. The summed E-state index contributed by atoms with van der Waals surface area (Å²) in [6.07, 6.45) is 7.83. The molecule has 0 spiro atoms. The van der Waals surface area contributed by atoms with Crippen LogP contribution in [-0.4, -0.2) is 21.3 Å². The van der Waals surface area contributed by atoms with Crippen LogP contribution in [0.1, 0.15) is 25.7 Å². The quantitative estimate of drug-likeness (QED) is 0.632. The Kier molecular flexibility index (Phi) is 3.53. The van der Waals surface area contributed by atoms with Crippen molar-refractivity contribution in [1.82, 2.24) is 0 Å². The van der Waals surface area contributed by atoms with Crippen LogP contribution >= 0.6 is 0 Å². The maximum absolute atomic E-state index is 10.6. The molecule has 1 fully saturated rings. The molecule has 0 bridgehead atoms. The molecule has 0 heterocycles. The first-order valence-corrected chi connectivity index (χ1v) is 6.07. The largest absolute Gasteiger partial charge is 0.270 e. The average molecular weight is 191 g/mol. The minimum absolute atomic E-state index is 0.332. The van der Waals surface area contributed by atoms with Gasteiger partial charge in [-0.25, -0.2) is 0 Å². The van der Waals surface area contributed by atoms with Crippen LogP contribution in [-0.2, 0) is 14.3 Å². The molecular formula is C8H15O3S. The molecule has 12 heavy (non-hydrogen) atoms. The molecule has 1 aliphatic rings. The fraction of sp³-hybridized carbons (Fsp3) is 0.875. The van der Waals surface area contributed by atoms with E-state index in [1.165, 1.54) is 12.8 Å². The van der Waals surface area contributed by atoms with Gasteiger partial charge in [-0.3, -0.25) is 4.18 Å². The molecule has 0 amide bonds. The summed E-state index contributed by atoms with van der Waals surface area (Å²) >= 11 is 0. The van der Waals surface area contributed by atoms with E-state index in [1.807, 2.05) is 0 Å². The van der Waals surface area contributed by atoms with Gasteiger partial charge in [0, 0.05) is 0 Å². The zero-order valence-electron chi connectivity index (χ0n) is 7.32. The summed E-state index contributed by atoms with van der Waals surface area (Å²) in [4.78, 5) is 0. The highest BCUT2D eigenvalue weighted by Gasteiger charge is 2.15. The Hall–Kier alpha value is -0.0900. The van der Waals surface area contributed by atoms with Gasteiger partial charge in [0.1, 0.15) is 0 Å². The molecule has 1 unspecified atom stereocenters. The Bertz CT molecular complexity index is 214. The van der Waals surface area contributed by atoms with Crippen LogP contribution < -0.4 is 0 Å². The van der Waals surface area contributed by atoms with Crippen molar-refractivity contribution in [1.29, 1.82) is 0 Å². The summed E-state index contributed by atoms with van der Waals surface area (Å²) in [5, 5.41) is 0. The Morgan fingerprint density at radius 1 is 1.50 bits per heavy atom. The molecule has 0 aromatic heterocycles. The third kappa shape index (κ3) is 4.07. The maximum Gasteiger partial charge on any atom is 0.264 e. The highest BCUT2D eigenvalue weighted by Crippen LogP contribution is 2.22. The maximum atomic E-state index is 10.6. The van der Waals surface area contributed by atoms with Gasteiger partial charge in [0.2, 0.25) is 0 Å². The Morgan fingerprint density at radius 2 is 2.25 bits per heavy atom. The third-order valence-electron chi connectivity index (χ3n) is 2.03. The molecular weight excluding hydrogens is 176 g/mol. The van der Waals surface area contributed by atoms with Gasteiger partial charge >= 0.3 is 0 Å². The molecule has 0 aromatic rings. The summed E-state index contributed by atoms with van der Waals surface area (Å²) in [6.45, 7) is 0.332. The monoisotopic (exact) mass is 191 g/mol. The van der Waals surface area contributed by atoms with Crippen LogP contribution in [0, 0.1) is 12.3 Å². The van der Waals surface area contributed by atoms with E-state index in [9.17, 15) is 8.42 Å². The van der Waals surface area contributed by atoms with Crippen LogP contribution in [0.25, 0.3) is 0 Å². The molecule has 4 heteroatoms. The molecule has 1 radical (unpaired) electrons. The second-order valence-electron chi connectivity index (χ2n) is 3.27. The zero-order chi connectivity index (χ0) is 9.03. The van der Waals surface area contributed by atoms with E-state index >= 15 is 0 Å². The Balaban J connectivity index is 2.22. The first-order chi connectivity index (χ1) is 5.58. The normalized spacial score (nSPS) is 21.1. The minimum atomic E-state index is -3.24. The standard InChI is InChI=1S/C8H15O3S/c1-12(9,10)11-7-8-5-3-2-4-6-8/h5,8H,2-4,6-7H2,1H3. The van der Waals surface area contributed by atoms with E-state index in [4.69, 9.17) is 4.18 Å². The van der Waals surface area contributed by atoms with Crippen molar-refractivity contribution in [3.63, 3.8) is 0 Å². The lowest BCUT2D eigenvalue weighted by Crippen LogP contribution is -2.16. The van der Waals surface area contributed by atoms with E-state index in [0.29, 0.717) is 12.5 Å². The summed E-state index contributed by atoms with van der Waals surface area (Å²) in [5.74, 6) is 0.341. The van der Waals surface area contributed by atoms with Gasteiger partial charge in [0.25, 0.3) is 10.1 Å². The van der Waals surface area contributed by atoms with Crippen molar-refractivity contribution < 1.29 is 12.6 Å². The second kappa shape index (κ2) is 4.23. The van der Waals surface area contributed by atoms with Crippen molar-refractivity contribution in [3.05, 3.63) is 6.42 Å². The van der Waals surface area contributed by atoms with Crippen molar-refractivity contribution in [2.45, 2.75) is 25.7 Å². The van der Waals surface area contributed by atoms with Crippen LogP contribution in [0.2, 0.25) is 0 Å². The number of hydrogen-bond donors (Lipinski definition) is 0. The molecule has 1 saturated carbocycles. The Morgan fingerprint density at radius 3 is 2.75 bits per heavy atom. The van der Waals surface area contributed by atoms with Gasteiger partial charge in [0.05, 0.1) is 12.9 Å². The van der Waals surface area contributed by atoms with Gasteiger partial charge in [-0.2, -0.15) is 8.42 Å². The lowest BCUT2D eigenvalue weighted by molar-refractivity contribution is 0.250.